The average molecular weight is 692 g/mol. The van der Waals surface area contributed by atoms with Crippen LogP contribution < -0.4 is 39.7 Å². The molecule has 0 spiro atoms. The molecule has 5 rings (SSSR count). The number of nitrogens with one attached hydrogen (secondary N) is 2. The van der Waals surface area contributed by atoms with Crippen LogP contribution in [0.2, 0.25) is 0 Å². The second kappa shape index (κ2) is 15.8. The van der Waals surface area contributed by atoms with Crippen LogP contribution in [-0.2, 0) is 29.0 Å². The molecule has 2 N–H and O–H groups in total. The van der Waals surface area contributed by atoms with Crippen molar-refractivity contribution in [2.75, 3.05) is 59.4 Å². The Balaban J connectivity index is 1.55. The third kappa shape index (κ3) is 7.39. The highest BCUT2D eigenvalue weighted by molar-refractivity contribution is 7.98. The van der Waals surface area contributed by atoms with Crippen LogP contribution >= 0.6 is 11.8 Å². The summed E-state index contributed by atoms with van der Waals surface area (Å²) in [6.07, 6.45) is 4.34. The number of methoxy groups -OCH3 is 5. The Hall–Kier alpha value is -4.58. The zero-order valence-electron chi connectivity index (χ0n) is 29.2. The Bertz CT molecular complexity index is 1780. The standard InChI is InChI=1S/C37H45N3O8S/c1-21(41)38-27-10-8-23-17-33(46-4)35(47-5)36(48-6)34(23)25-9-11-28(30(42)19-26(25)27)39-29(13-15-49-7)37(43)40-14-12-22-16-31(44-2)32(45-3)18-24(22)20-40/h9,11,16-19,27,29H,8,10,12-15,20H2,1-7H3,(H,38,41)(H,39,42). The molecular weight excluding hydrogens is 646 g/mol. The van der Waals surface area contributed by atoms with Gasteiger partial charge in [-0.2, -0.15) is 11.8 Å². The fourth-order valence-electron chi connectivity index (χ4n) is 6.80. The first-order valence-electron chi connectivity index (χ1n) is 16.2. The van der Waals surface area contributed by atoms with Gasteiger partial charge in [-0.1, -0.05) is 6.07 Å². The minimum Gasteiger partial charge on any atom is -0.493 e. The smallest absolute Gasteiger partial charge is 0.245 e. The summed E-state index contributed by atoms with van der Waals surface area (Å²) in [7, 11) is 7.89. The largest absolute Gasteiger partial charge is 0.493 e. The van der Waals surface area contributed by atoms with E-state index >= 15 is 0 Å². The Morgan fingerprint density at radius 2 is 1.55 bits per heavy atom. The number of hydrogen-bond acceptors (Lipinski definition) is 10. The normalized spacial score (nSPS) is 15.4. The number of carbonyl (C=O) groups excluding carboxylic acids is 2. The lowest BCUT2D eigenvalue weighted by Crippen LogP contribution is -2.45. The zero-order valence-corrected chi connectivity index (χ0v) is 30.0. The van der Waals surface area contributed by atoms with E-state index in [4.69, 9.17) is 23.7 Å². The maximum atomic E-state index is 14.1. The number of fused-ring (bicyclic) bond motifs is 4. The summed E-state index contributed by atoms with van der Waals surface area (Å²) < 4.78 is 28.2. The number of thioether (sulfide) groups is 1. The van der Waals surface area contributed by atoms with E-state index in [0.29, 0.717) is 78.8 Å². The van der Waals surface area contributed by atoms with Crippen LogP contribution in [0.1, 0.15) is 48.1 Å². The fraction of sp³-hybridized carbons (Fsp3) is 0.432. The van der Waals surface area contributed by atoms with E-state index in [1.165, 1.54) is 6.92 Å². The van der Waals surface area contributed by atoms with Gasteiger partial charge < -0.3 is 39.2 Å². The van der Waals surface area contributed by atoms with Crippen molar-refractivity contribution in [3.05, 3.63) is 68.9 Å². The van der Waals surface area contributed by atoms with Gasteiger partial charge in [0.1, 0.15) is 6.04 Å². The molecule has 49 heavy (non-hydrogen) atoms. The van der Waals surface area contributed by atoms with Gasteiger partial charge in [-0.3, -0.25) is 14.4 Å². The predicted molar refractivity (Wildman–Crippen MR) is 192 cm³/mol. The highest BCUT2D eigenvalue weighted by Crippen LogP contribution is 2.50. The van der Waals surface area contributed by atoms with E-state index in [2.05, 4.69) is 10.6 Å². The monoisotopic (exact) mass is 691 g/mol. The molecule has 12 heteroatoms. The summed E-state index contributed by atoms with van der Waals surface area (Å²) >= 11 is 1.64. The second-order valence-electron chi connectivity index (χ2n) is 12.1. The number of amides is 2. The first-order valence-corrected chi connectivity index (χ1v) is 17.6. The summed E-state index contributed by atoms with van der Waals surface area (Å²) in [5.41, 5.74) is 5.19. The average Bonchev–Trinajstić information content (AvgIpc) is 3.35. The summed E-state index contributed by atoms with van der Waals surface area (Å²) in [6, 6.07) is 9.90. The molecule has 2 atom stereocenters. The van der Waals surface area contributed by atoms with Gasteiger partial charge in [0.15, 0.2) is 23.0 Å². The number of nitrogens with zero attached hydrogens (tertiary/aromatic N) is 1. The van der Waals surface area contributed by atoms with Gasteiger partial charge in [-0.15, -0.1) is 0 Å². The van der Waals surface area contributed by atoms with Gasteiger partial charge in [0.2, 0.25) is 23.0 Å². The minimum absolute atomic E-state index is 0.0816. The molecule has 262 valence electrons. The van der Waals surface area contributed by atoms with Crippen LogP contribution in [0.25, 0.3) is 11.1 Å². The maximum Gasteiger partial charge on any atom is 0.245 e. The molecule has 1 aliphatic heterocycles. The van der Waals surface area contributed by atoms with E-state index in [1.807, 2.05) is 35.4 Å². The molecule has 11 nitrogen and oxygen atoms in total. The van der Waals surface area contributed by atoms with Crippen molar-refractivity contribution in [2.24, 2.45) is 0 Å². The molecule has 3 aromatic carbocycles. The van der Waals surface area contributed by atoms with Crippen molar-refractivity contribution in [2.45, 2.75) is 51.2 Å². The number of carbonyl (C=O) groups is 2. The number of rotatable bonds is 12. The molecule has 0 saturated carbocycles. The number of aryl methyl sites for hydroxylation is 1. The van der Waals surface area contributed by atoms with E-state index in [9.17, 15) is 14.4 Å². The first kappa shape index (κ1) is 35.7. The summed E-state index contributed by atoms with van der Waals surface area (Å²) in [5, 5.41) is 6.37. The van der Waals surface area contributed by atoms with E-state index in [0.717, 1.165) is 33.6 Å². The zero-order chi connectivity index (χ0) is 35.2. The quantitative estimate of drug-likeness (QED) is 0.268. The van der Waals surface area contributed by atoms with Gasteiger partial charge in [-0.05, 0) is 95.8 Å². The lowest BCUT2D eigenvalue weighted by molar-refractivity contribution is -0.133. The third-order valence-electron chi connectivity index (χ3n) is 9.18. The molecule has 2 amide bonds. The summed E-state index contributed by atoms with van der Waals surface area (Å²) in [5.74, 6) is 3.15. The molecule has 1 heterocycles. The van der Waals surface area contributed by atoms with Gasteiger partial charge >= 0.3 is 0 Å². The second-order valence-corrected chi connectivity index (χ2v) is 13.0. The summed E-state index contributed by atoms with van der Waals surface area (Å²) in [6.45, 7) is 2.43. The molecule has 1 aliphatic carbocycles. The molecule has 0 fully saturated rings. The molecule has 3 aromatic rings. The molecular formula is C37H45N3O8S. The van der Waals surface area contributed by atoms with Crippen molar-refractivity contribution in [1.29, 1.82) is 0 Å². The minimum atomic E-state index is -0.638. The molecule has 2 unspecified atom stereocenters. The highest BCUT2D eigenvalue weighted by atomic mass is 32.2. The lowest BCUT2D eigenvalue weighted by atomic mass is 9.95. The van der Waals surface area contributed by atoms with Crippen molar-refractivity contribution >= 4 is 29.3 Å². The Labute approximate surface area is 291 Å². The van der Waals surface area contributed by atoms with Crippen LogP contribution in [0.3, 0.4) is 0 Å². The van der Waals surface area contributed by atoms with Crippen molar-refractivity contribution < 1.29 is 33.3 Å². The summed E-state index contributed by atoms with van der Waals surface area (Å²) in [4.78, 5) is 42.4. The maximum absolute atomic E-state index is 14.1. The van der Waals surface area contributed by atoms with Crippen LogP contribution in [-0.4, -0.2) is 76.9 Å². The van der Waals surface area contributed by atoms with Crippen LogP contribution in [0.5, 0.6) is 28.7 Å². The molecule has 0 bridgehead atoms. The molecule has 0 radical (unpaired) electrons. The predicted octanol–water partition coefficient (Wildman–Crippen LogP) is 5.00. The Morgan fingerprint density at radius 3 is 2.18 bits per heavy atom. The van der Waals surface area contributed by atoms with Crippen LogP contribution in [0.15, 0.2) is 41.2 Å². The van der Waals surface area contributed by atoms with E-state index < -0.39 is 12.1 Å². The van der Waals surface area contributed by atoms with Crippen molar-refractivity contribution in [3.8, 4) is 39.9 Å². The van der Waals surface area contributed by atoms with E-state index in [1.54, 1.807) is 59.4 Å². The number of hydrogen-bond donors (Lipinski definition) is 2. The van der Waals surface area contributed by atoms with Gasteiger partial charge in [0, 0.05) is 25.6 Å². The van der Waals surface area contributed by atoms with Crippen LogP contribution in [0, 0.1) is 0 Å². The number of benzene rings is 2. The van der Waals surface area contributed by atoms with Crippen molar-refractivity contribution in [1.82, 2.24) is 10.2 Å². The molecule has 2 aliphatic rings. The van der Waals surface area contributed by atoms with Gasteiger partial charge in [0.05, 0.1) is 47.3 Å². The molecule has 0 saturated heterocycles. The van der Waals surface area contributed by atoms with Crippen molar-refractivity contribution in [3.63, 3.8) is 0 Å². The Kier molecular flexibility index (Phi) is 11.5. The van der Waals surface area contributed by atoms with Gasteiger partial charge in [-0.25, -0.2) is 0 Å². The first-order chi connectivity index (χ1) is 23.7. The lowest BCUT2D eigenvalue weighted by Gasteiger charge is -2.32. The highest BCUT2D eigenvalue weighted by Gasteiger charge is 2.31. The number of anilines is 1. The third-order valence-corrected chi connectivity index (χ3v) is 9.83. The van der Waals surface area contributed by atoms with E-state index in [-0.39, 0.29) is 17.2 Å². The Morgan fingerprint density at radius 1 is 0.878 bits per heavy atom. The molecule has 0 aromatic heterocycles. The number of ether oxygens (including phenoxy) is 5. The SMILES string of the molecule is COc1cc2c(cc1OC)CN(C(=O)C(CCSC)Nc1ccc3c(cc1=O)C(NC(C)=O)CCc1cc(OC)c(OC)c(OC)c1-3)CC2. The van der Waals surface area contributed by atoms with Gasteiger partial charge in [0.25, 0.3) is 0 Å². The fourth-order valence-corrected chi connectivity index (χ4v) is 7.27. The topological polar surface area (TPSA) is 125 Å². The van der Waals surface area contributed by atoms with Crippen LogP contribution in [0.4, 0.5) is 5.69 Å².